The SMILES string of the molecule is CCN(CCC1CCCC1(O)CN)CC1CCC1. The van der Waals surface area contributed by atoms with Crippen molar-refractivity contribution in [2.45, 2.75) is 57.5 Å². The van der Waals surface area contributed by atoms with Gasteiger partial charge in [-0.05, 0) is 57.0 Å². The lowest BCUT2D eigenvalue weighted by atomic mass is 9.84. The van der Waals surface area contributed by atoms with E-state index >= 15 is 0 Å². The van der Waals surface area contributed by atoms with Crippen LogP contribution in [0.2, 0.25) is 0 Å². The molecule has 2 aliphatic rings. The maximum absolute atomic E-state index is 10.4. The van der Waals surface area contributed by atoms with Crippen LogP contribution in [0.25, 0.3) is 0 Å². The van der Waals surface area contributed by atoms with Crippen molar-refractivity contribution in [1.29, 1.82) is 0 Å². The molecule has 2 unspecified atom stereocenters. The molecule has 2 aliphatic carbocycles. The van der Waals surface area contributed by atoms with Crippen molar-refractivity contribution >= 4 is 0 Å². The highest BCUT2D eigenvalue weighted by atomic mass is 16.3. The molecule has 3 N–H and O–H groups in total. The van der Waals surface area contributed by atoms with Crippen LogP contribution in [0.5, 0.6) is 0 Å². The summed E-state index contributed by atoms with van der Waals surface area (Å²) in [5.74, 6) is 1.37. The highest BCUT2D eigenvalue weighted by Gasteiger charge is 2.39. The van der Waals surface area contributed by atoms with Crippen molar-refractivity contribution in [3.8, 4) is 0 Å². The molecule has 2 rings (SSSR count). The predicted molar refractivity (Wildman–Crippen MR) is 75.4 cm³/mol. The number of nitrogens with zero attached hydrogens (tertiary/aromatic N) is 1. The van der Waals surface area contributed by atoms with Gasteiger partial charge in [0.25, 0.3) is 0 Å². The fourth-order valence-electron chi connectivity index (χ4n) is 3.57. The van der Waals surface area contributed by atoms with E-state index in [9.17, 15) is 5.11 Å². The molecule has 106 valence electrons. The van der Waals surface area contributed by atoms with Crippen molar-refractivity contribution in [1.82, 2.24) is 4.90 Å². The number of hydrogen-bond donors (Lipinski definition) is 2. The third-order valence-electron chi connectivity index (χ3n) is 5.26. The van der Waals surface area contributed by atoms with Crippen LogP contribution in [0.3, 0.4) is 0 Å². The molecule has 0 saturated heterocycles. The summed E-state index contributed by atoms with van der Waals surface area (Å²) in [4.78, 5) is 2.57. The fourth-order valence-corrected chi connectivity index (χ4v) is 3.57. The quantitative estimate of drug-likeness (QED) is 0.730. The van der Waals surface area contributed by atoms with Crippen molar-refractivity contribution < 1.29 is 5.11 Å². The van der Waals surface area contributed by atoms with Crippen LogP contribution < -0.4 is 5.73 Å². The molecule has 3 nitrogen and oxygen atoms in total. The second-order valence-corrected chi connectivity index (χ2v) is 6.38. The summed E-state index contributed by atoms with van der Waals surface area (Å²) in [5.41, 5.74) is 5.19. The number of rotatable bonds is 7. The minimum absolute atomic E-state index is 0.429. The topological polar surface area (TPSA) is 49.5 Å². The average Bonchev–Trinajstić information content (AvgIpc) is 2.70. The van der Waals surface area contributed by atoms with Gasteiger partial charge in [-0.25, -0.2) is 0 Å². The molecule has 0 amide bonds. The van der Waals surface area contributed by atoms with Gasteiger partial charge < -0.3 is 15.7 Å². The van der Waals surface area contributed by atoms with Gasteiger partial charge in [0.1, 0.15) is 0 Å². The Labute approximate surface area is 112 Å². The Hall–Kier alpha value is -0.120. The van der Waals surface area contributed by atoms with E-state index in [1.165, 1.54) is 25.8 Å². The summed E-state index contributed by atoms with van der Waals surface area (Å²) in [6.45, 7) is 6.24. The van der Waals surface area contributed by atoms with E-state index in [1.54, 1.807) is 0 Å². The lowest BCUT2D eigenvalue weighted by Gasteiger charge is -2.34. The Morgan fingerprint density at radius 1 is 1.28 bits per heavy atom. The van der Waals surface area contributed by atoms with Gasteiger partial charge in [-0.1, -0.05) is 19.8 Å². The molecule has 2 saturated carbocycles. The summed E-state index contributed by atoms with van der Waals surface area (Å²) < 4.78 is 0. The van der Waals surface area contributed by atoms with Gasteiger partial charge in [0.05, 0.1) is 5.60 Å². The maximum atomic E-state index is 10.4. The predicted octanol–water partition coefficient (Wildman–Crippen LogP) is 1.99. The lowest BCUT2D eigenvalue weighted by Crippen LogP contribution is -2.43. The summed E-state index contributed by atoms with van der Waals surface area (Å²) in [7, 11) is 0. The van der Waals surface area contributed by atoms with E-state index < -0.39 is 5.60 Å². The normalized spacial score (nSPS) is 33.0. The first-order valence-electron chi connectivity index (χ1n) is 7.82. The van der Waals surface area contributed by atoms with E-state index in [2.05, 4.69) is 11.8 Å². The zero-order chi connectivity index (χ0) is 13.0. The molecule has 0 spiro atoms. The van der Waals surface area contributed by atoms with Crippen LogP contribution >= 0.6 is 0 Å². The van der Waals surface area contributed by atoms with Gasteiger partial charge in [-0.15, -0.1) is 0 Å². The third kappa shape index (κ3) is 3.25. The molecular weight excluding hydrogens is 224 g/mol. The minimum atomic E-state index is -0.560. The molecule has 2 fully saturated rings. The Morgan fingerprint density at radius 3 is 2.61 bits per heavy atom. The van der Waals surface area contributed by atoms with Crippen LogP contribution in [-0.4, -0.2) is 41.8 Å². The minimum Gasteiger partial charge on any atom is -0.388 e. The summed E-state index contributed by atoms with van der Waals surface area (Å²) in [6, 6.07) is 0. The zero-order valence-electron chi connectivity index (χ0n) is 11.9. The Kier molecular flexibility index (Phi) is 5.05. The second-order valence-electron chi connectivity index (χ2n) is 6.38. The van der Waals surface area contributed by atoms with Crippen molar-refractivity contribution in [3.05, 3.63) is 0 Å². The molecule has 18 heavy (non-hydrogen) atoms. The van der Waals surface area contributed by atoms with E-state index in [0.29, 0.717) is 12.5 Å². The number of aliphatic hydroxyl groups is 1. The molecular formula is C15H30N2O. The molecule has 0 aliphatic heterocycles. The summed E-state index contributed by atoms with van der Waals surface area (Å²) in [6.07, 6.45) is 8.61. The molecule has 0 aromatic heterocycles. The molecule has 2 atom stereocenters. The molecule has 0 bridgehead atoms. The van der Waals surface area contributed by atoms with E-state index in [4.69, 9.17) is 5.73 Å². The largest absolute Gasteiger partial charge is 0.388 e. The van der Waals surface area contributed by atoms with Crippen LogP contribution in [0.4, 0.5) is 0 Å². The van der Waals surface area contributed by atoms with Gasteiger partial charge in [0.15, 0.2) is 0 Å². The summed E-state index contributed by atoms with van der Waals surface area (Å²) >= 11 is 0. The first-order chi connectivity index (χ1) is 8.68. The van der Waals surface area contributed by atoms with Crippen LogP contribution in [0.15, 0.2) is 0 Å². The Bertz CT molecular complexity index is 255. The zero-order valence-corrected chi connectivity index (χ0v) is 11.9. The van der Waals surface area contributed by atoms with Crippen molar-refractivity contribution in [3.63, 3.8) is 0 Å². The number of hydrogen-bond acceptors (Lipinski definition) is 3. The van der Waals surface area contributed by atoms with Crippen LogP contribution in [0, 0.1) is 11.8 Å². The molecule has 0 heterocycles. The molecule has 0 radical (unpaired) electrons. The van der Waals surface area contributed by atoms with Crippen molar-refractivity contribution in [2.75, 3.05) is 26.2 Å². The molecule has 3 heteroatoms. The van der Waals surface area contributed by atoms with Gasteiger partial charge >= 0.3 is 0 Å². The Balaban J connectivity index is 1.74. The monoisotopic (exact) mass is 254 g/mol. The van der Waals surface area contributed by atoms with Crippen molar-refractivity contribution in [2.24, 2.45) is 17.6 Å². The van der Waals surface area contributed by atoms with Crippen LogP contribution in [0.1, 0.15) is 51.9 Å². The van der Waals surface area contributed by atoms with Gasteiger partial charge in [0.2, 0.25) is 0 Å². The first-order valence-corrected chi connectivity index (χ1v) is 7.82. The third-order valence-corrected chi connectivity index (χ3v) is 5.26. The van der Waals surface area contributed by atoms with Crippen LogP contribution in [-0.2, 0) is 0 Å². The van der Waals surface area contributed by atoms with Gasteiger partial charge in [-0.3, -0.25) is 0 Å². The maximum Gasteiger partial charge on any atom is 0.0797 e. The van der Waals surface area contributed by atoms with E-state index in [1.807, 2.05) is 0 Å². The lowest BCUT2D eigenvalue weighted by molar-refractivity contribution is 0.00380. The van der Waals surface area contributed by atoms with Gasteiger partial charge in [0, 0.05) is 13.1 Å². The highest BCUT2D eigenvalue weighted by Crippen LogP contribution is 2.37. The summed E-state index contributed by atoms with van der Waals surface area (Å²) in [5, 5.41) is 10.4. The molecule has 0 aromatic carbocycles. The standard InChI is InChI=1S/C15H30N2O/c1-2-17(11-13-5-3-6-13)10-8-14-7-4-9-15(14,18)12-16/h13-14,18H,2-12,16H2,1H3. The smallest absolute Gasteiger partial charge is 0.0797 e. The fraction of sp³-hybridized carbons (Fsp3) is 1.00. The number of nitrogens with two attached hydrogens (primary N) is 1. The highest BCUT2D eigenvalue weighted by molar-refractivity contribution is 4.93. The average molecular weight is 254 g/mol. The Morgan fingerprint density at radius 2 is 2.06 bits per heavy atom. The molecule has 0 aromatic rings. The van der Waals surface area contributed by atoms with E-state index in [-0.39, 0.29) is 0 Å². The van der Waals surface area contributed by atoms with E-state index in [0.717, 1.165) is 44.7 Å². The first kappa shape index (κ1) is 14.3. The van der Waals surface area contributed by atoms with Gasteiger partial charge in [-0.2, -0.15) is 0 Å². The second kappa shape index (κ2) is 6.36.